The fourth-order valence-electron chi connectivity index (χ4n) is 5.34. The largest absolute Gasteiger partial charge is 0.497 e. The predicted molar refractivity (Wildman–Crippen MR) is 133 cm³/mol. The second kappa shape index (κ2) is 10.5. The first kappa shape index (κ1) is 24.7. The topological polar surface area (TPSA) is 91.0 Å². The fourth-order valence-corrected chi connectivity index (χ4v) is 5.34. The van der Waals surface area contributed by atoms with Crippen LogP contribution in [-0.4, -0.2) is 60.9 Å². The van der Waals surface area contributed by atoms with Crippen LogP contribution in [0.2, 0.25) is 0 Å². The van der Waals surface area contributed by atoms with Crippen molar-refractivity contribution in [1.82, 2.24) is 20.4 Å². The smallest absolute Gasteiger partial charge is 0.325 e. The molecular weight excluding hydrogens is 444 g/mol. The number of nitrogens with zero attached hydrogens (tertiary/aromatic N) is 2. The first-order valence-electron chi connectivity index (χ1n) is 12.3. The van der Waals surface area contributed by atoms with Crippen molar-refractivity contribution in [1.29, 1.82) is 0 Å². The highest BCUT2D eigenvalue weighted by molar-refractivity contribution is 6.09. The lowest BCUT2D eigenvalue weighted by atomic mass is 9.76. The van der Waals surface area contributed by atoms with E-state index in [9.17, 15) is 14.4 Å². The summed E-state index contributed by atoms with van der Waals surface area (Å²) in [5.41, 5.74) is 1.86. The third-order valence-corrected chi connectivity index (χ3v) is 7.18. The van der Waals surface area contributed by atoms with Gasteiger partial charge in [-0.15, -0.1) is 0 Å². The molecule has 1 fully saturated rings. The van der Waals surface area contributed by atoms with Gasteiger partial charge in [0.05, 0.1) is 13.2 Å². The van der Waals surface area contributed by atoms with Crippen LogP contribution in [0.4, 0.5) is 4.79 Å². The van der Waals surface area contributed by atoms with Gasteiger partial charge in [-0.05, 0) is 61.2 Å². The standard InChI is InChI=1S/C27H34N4O4/c1-4-30(5-2)23(20-11-8-13-21(16-20)35-3)17-28-24(32)18-31-25(33)27(29-26(31)34)15-9-12-19-10-6-7-14-22(19)27/h6-8,10-11,13-14,16,23H,4-5,9,12,15,17-18H2,1-3H3,(H,28,32)(H,29,34)/t23-,27-/m1/s1. The van der Waals surface area contributed by atoms with Gasteiger partial charge in [0, 0.05) is 6.54 Å². The summed E-state index contributed by atoms with van der Waals surface area (Å²) < 4.78 is 5.38. The molecule has 0 radical (unpaired) electrons. The van der Waals surface area contributed by atoms with Crippen molar-refractivity contribution in [2.75, 3.05) is 33.3 Å². The maximum absolute atomic E-state index is 13.5. The molecule has 1 aliphatic carbocycles. The van der Waals surface area contributed by atoms with Crippen LogP contribution in [0.1, 0.15) is 49.4 Å². The van der Waals surface area contributed by atoms with Gasteiger partial charge in [-0.1, -0.05) is 50.2 Å². The van der Waals surface area contributed by atoms with E-state index in [0.29, 0.717) is 13.0 Å². The summed E-state index contributed by atoms with van der Waals surface area (Å²) in [6, 6.07) is 14.9. The molecule has 4 rings (SSSR count). The number of hydrogen-bond acceptors (Lipinski definition) is 5. The quantitative estimate of drug-likeness (QED) is 0.541. The SMILES string of the molecule is CCN(CC)[C@H](CNC(=O)CN1C(=O)N[C@@]2(CCCc3ccccc32)C1=O)c1cccc(OC)c1. The summed E-state index contributed by atoms with van der Waals surface area (Å²) in [5, 5.41) is 5.86. The minimum absolute atomic E-state index is 0.0660. The van der Waals surface area contributed by atoms with Crippen LogP contribution in [0.3, 0.4) is 0 Å². The molecule has 0 aromatic heterocycles. The second-order valence-electron chi connectivity index (χ2n) is 9.06. The van der Waals surface area contributed by atoms with E-state index in [-0.39, 0.29) is 24.4 Å². The lowest BCUT2D eigenvalue weighted by Crippen LogP contribution is -2.47. The van der Waals surface area contributed by atoms with Crippen molar-refractivity contribution >= 4 is 17.8 Å². The zero-order valence-electron chi connectivity index (χ0n) is 20.7. The Morgan fingerprint density at radius 1 is 1.17 bits per heavy atom. The zero-order valence-corrected chi connectivity index (χ0v) is 20.7. The van der Waals surface area contributed by atoms with E-state index >= 15 is 0 Å². The number of likely N-dealkylation sites (N-methyl/N-ethyl adjacent to an activating group) is 1. The molecule has 186 valence electrons. The van der Waals surface area contributed by atoms with E-state index in [4.69, 9.17) is 4.74 Å². The maximum Gasteiger partial charge on any atom is 0.325 e. The van der Waals surface area contributed by atoms with Crippen LogP contribution in [0.25, 0.3) is 0 Å². The normalized spacial score (nSPS) is 20.1. The average molecular weight is 479 g/mol. The molecule has 2 aliphatic rings. The van der Waals surface area contributed by atoms with Gasteiger partial charge in [-0.2, -0.15) is 0 Å². The lowest BCUT2D eigenvalue weighted by Gasteiger charge is -2.33. The summed E-state index contributed by atoms with van der Waals surface area (Å²) in [5.74, 6) is 0.0379. The number of imide groups is 1. The van der Waals surface area contributed by atoms with Crippen molar-refractivity contribution in [3.8, 4) is 5.75 Å². The van der Waals surface area contributed by atoms with Crippen LogP contribution < -0.4 is 15.4 Å². The van der Waals surface area contributed by atoms with Crippen LogP contribution in [-0.2, 0) is 21.5 Å². The van der Waals surface area contributed by atoms with Gasteiger partial charge in [-0.3, -0.25) is 19.4 Å². The van der Waals surface area contributed by atoms with Gasteiger partial charge < -0.3 is 15.4 Å². The van der Waals surface area contributed by atoms with Gasteiger partial charge in [0.2, 0.25) is 5.91 Å². The Morgan fingerprint density at radius 2 is 1.94 bits per heavy atom. The Bertz CT molecular complexity index is 1100. The number of methoxy groups -OCH3 is 1. The third kappa shape index (κ3) is 4.75. The molecular formula is C27H34N4O4. The number of carbonyl (C=O) groups excluding carboxylic acids is 3. The highest BCUT2D eigenvalue weighted by atomic mass is 16.5. The van der Waals surface area contributed by atoms with Crippen LogP contribution in [0.15, 0.2) is 48.5 Å². The molecule has 8 heteroatoms. The van der Waals surface area contributed by atoms with Gasteiger partial charge in [0.15, 0.2) is 0 Å². The number of urea groups is 1. The van der Waals surface area contributed by atoms with Crippen LogP contribution >= 0.6 is 0 Å². The van der Waals surface area contributed by atoms with Crippen molar-refractivity contribution in [2.45, 2.75) is 44.7 Å². The Morgan fingerprint density at radius 3 is 2.69 bits per heavy atom. The molecule has 0 bridgehead atoms. The highest BCUT2D eigenvalue weighted by Gasteiger charge is 2.54. The molecule has 35 heavy (non-hydrogen) atoms. The molecule has 8 nitrogen and oxygen atoms in total. The third-order valence-electron chi connectivity index (χ3n) is 7.18. The Balaban J connectivity index is 1.47. The van der Waals surface area contributed by atoms with Crippen molar-refractivity contribution < 1.29 is 19.1 Å². The summed E-state index contributed by atoms with van der Waals surface area (Å²) >= 11 is 0. The molecule has 0 unspecified atom stereocenters. The maximum atomic E-state index is 13.5. The summed E-state index contributed by atoms with van der Waals surface area (Å²) in [4.78, 5) is 42.5. The first-order chi connectivity index (χ1) is 16.9. The number of benzene rings is 2. The van der Waals surface area contributed by atoms with Gasteiger partial charge in [0.1, 0.15) is 17.8 Å². The summed E-state index contributed by atoms with van der Waals surface area (Å²) in [6.07, 6.45) is 2.21. The number of hydrogen-bond donors (Lipinski definition) is 2. The Labute approximate surface area is 206 Å². The summed E-state index contributed by atoms with van der Waals surface area (Å²) in [6.45, 7) is 5.82. The van der Waals surface area contributed by atoms with Crippen molar-refractivity contribution in [3.05, 3.63) is 65.2 Å². The predicted octanol–water partition coefficient (Wildman–Crippen LogP) is 2.98. The molecule has 2 N–H and O–H groups in total. The second-order valence-corrected chi connectivity index (χ2v) is 9.06. The number of fused-ring (bicyclic) bond motifs is 2. The minimum Gasteiger partial charge on any atom is -0.497 e. The number of rotatable bonds is 9. The van der Waals surface area contributed by atoms with E-state index in [2.05, 4.69) is 29.4 Å². The van der Waals surface area contributed by atoms with Crippen molar-refractivity contribution in [3.63, 3.8) is 0 Å². The molecule has 1 aliphatic heterocycles. The van der Waals surface area contributed by atoms with Gasteiger partial charge in [-0.25, -0.2) is 4.79 Å². The van der Waals surface area contributed by atoms with Gasteiger partial charge in [0.25, 0.3) is 5.91 Å². The molecule has 1 spiro atoms. The molecule has 2 aromatic rings. The lowest BCUT2D eigenvalue weighted by molar-refractivity contribution is -0.135. The number of carbonyl (C=O) groups is 3. The molecule has 1 saturated heterocycles. The van der Waals surface area contributed by atoms with Crippen molar-refractivity contribution in [2.24, 2.45) is 0 Å². The number of aryl methyl sites for hydroxylation is 1. The van der Waals surface area contributed by atoms with E-state index in [1.807, 2.05) is 48.5 Å². The molecule has 2 aromatic carbocycles. The van der Waals surface area contributed by atoms with Crippen LogP contribution in [0, 0.1) is 0 Å². The van der Waals surface area contributed by atoms with Crippen LogP contribution in [0.5, 0.6) is 5.75 Å². The highest BCUT2D eigenvalue weighted by Crippen LogP contribution is 2.39. The Hall–Kier alpha value is -3.39. The van der Waals surface area contributed by atoms with E-state index in [1.54, 1.807) is 7.11 Å². The molecule has 4 amide bonds. The average Bonchev–Trinajstić information content (AvgIpc) is 3.11. The van der Waals surface area contributed by atoms with E-state index in [1.165, 1.54) is 0 Å². The van der Waals surface area contributed by atoms with E-state index in [0.717, 1.165) is 53.3 Å². The summed E-state index contributed by atoms with van der Waals surface area (Å²) in [7, 11) is 1.63. The number of ether oxygens (including phenoxy) is 1. The number of nitrogens with one attached hydrogen (secondary N) is 2. The Kier molecular flexibility index (Phi) is 7.40. The number of amides is 4. The minimum atomic E-state index is -1.07. The van der Waals surface area contributed by atoms with E-state index < -0.39 is 11.6 Å². The molecule has 0 saturated carbocycles. The van der Waals surface area contributed by atoms with Gasteiger partial charge >= 0.3 is 6.03 Å². The molecule has 1 heterocycles. The first-order valence-corrected chi connectivity index (χ1v) is 12.3. The fraction of sp³-hybridized carbons (Fsp3) is 0.444. The monoisotopic (exact) mass is 478 g/mol. The molecule has 2 atom stereocenters. The zero-order chi connectivity index (χ0) is 25.0.